The van der Waals surface area contributed by atoms with E-state index in [1.165, 1.54) is 7.11 Å². The van der Waals surface area contributed by atoms with Crippen molar-refractivity contribution >= 4 is 0 Å². The minimum atomic E-state index is -0.830. The molecule has 0 spiro atoms. The molecule has 226 valence electrons. The van der Waals surface area contributed by atoms with Gasteiger partial charge in [-0.2, -0.15) is 0 Å². The van der Waals surface area contributed by atoms with Crippen LogP contribution in [0.2, 0.25) is 0 Å². The number of fused-ring (bicyclic) bond motifs is 5. The molecule has 3 aromatic carbocycles. The van der Waals surface area contributed by atoms with Crippen molar-refractivity contribution in [3.63, 3.8) is 0 Å². The van der Waals surface area contributed by atoms with Gasteiger partial charge < -0.3 is 34.3 Å². The van der Waals surface area contributed by atoms with Crippen molar-refractivity contribution < 1.29 is 34.3 Å². The summed E-state index contributed by atoms with van der Waals surface area (Å²) in [5.74, 6) is 3.42. The Hall–Kier alpha value is -3.58. The molecule has 2 aliphatic rings. The molecule has 0 fully saturated rings. The molecule has 42 heavy (non-hydrogen) atoms. The highest BCUT2D eigenvalue weighted by atomic mass is 16.5. The van der Waals surface area contributed by atoms with Gasteiger partial charge in [0.25, 0.3) is 0 Å². The molecule has 3 N–H and O–H groups in total. The monoisotopic (exact) mass is 576 g/mol. The maximum absolute atomic E-state index is 11.5. The highest BCUT2D eigenvalue weighted by molar-refractivity contribution is 5.82. The number of phenols is 2. The molecule has 7 nitrogen and oxygen atoms in total. The topological polar surface area (TPSA) is 97.6 Å². The second-order valence-electron chi connectivity index (χ2n) is 12.5. The molecule has 1 aliphatic carbocycles. The van der Waals surface area contributed by atoms with Gasteiger partial charge >= 0.3 is 0 Å². The van der Waals surface area contributed by atoms with Gasteiger partial charge in [-0.05, 0) is 78.0 Å². The number of hydrogen-bond acceptors (Lipinski definition) is 7. The maximum atomic E-state index is 11.5. The summed E-state index contributed by atoms with van der Waals surface area (Å²) in [5, 5.41) is 32.6. The first-order valence-electron chi connectivity index (χ1n) is 15.1. The second kappa shape index (κ2) is 12.3. The molecular formula is C35H44O7. The van der Waals surface area contributed by atoms with Crippen molar-refractivity contribution in [3.05, 3.63) is 58.7 Å². The van der Waals surface area contributed by atoms with Crippen molar-refractivity contribution in [2.45, 2.75) is 77.9 Å². The fraction of sp³-hybridized carbons (Fsp3) is 0.486. The predicted molar refractivity (Wildman–Crippen MR) is 163 cm³/mol. The summed E-state index contributed by atoms with van der Waals surface area (Å²) < 4.78 is 23.9. The Kier molecular flexibility index (Phi) is 8.78. The van der Waals surface area contributed by atoms with Gasteiger partial charge in [0, 0.05) is 29.2 Å². The van der Waals surface area contributed by atoms with Crippen LogP contribution in [-0.4, -0.2) is 42.3 Å². The third kappa shape index (κ3) is 5.84. The van der Waals surface area contributed by atoms with E-state index in [1.54, 1.807) is 25.3 Å². The molecule has 0 unspecified atom stereocenters. The van der Waals surface area contributed by atoms with E-state index in [9.17, 15) is 15.3 Å². The molecule has 0 saturated carbocycles. The summed E-state index contributed by atoms with van der Waals surface area (Å²) in [6.07, 6.45) is 2.58. The molecule has 5 rings (SSSR count). The normalized spacial score (nSPS) is 19.1. The van der Waals surface area contributed by atoms with E-state index in [2.05, 4.69) is 27.7 Å². The number of methoxy groups -OCH3 is 2. The standard InChI is InChI=1S/C35H44O7/c1-19(2)7-8-21-13-27-26-17-28(37)35(22-14-31(40-6)34(38)32(15-22)41-12-11-20(3)4)42-29(26)18-30(39-5)33(27)24-10-9-23(36)16-25(21)24/h9-10,14-16,18-21,28,35-38H,7-8,11-13,17H2,1-6H3/t21-,28-,35+/m1/s1. The zero-order valence-electron chi connectivity index (χ0n) is 25.6. The van der Waals surface area contributed by atoms with Gasteiger partial charge in [-0.15, -0.1) is 0 Å². The lowest BCUT2D eigenvalue weighted by Crippen LogP contribution is -2.32. The van der Waals surface area contributed by atoms with Gasteiger partial charge in [0.2, 0.25) is 5.75 Å². The number of benzene rings is 3. The van der Waals surface area contributed by atoms with E-state index < -0.39 is 12.2 Å². The number of ether oxygens (including phenoxy) is 4. The van der Waals surface area contributed by atoms with Crippen molar-refractivity contribution in [3.8, 4) is 45.6 Å². The Morgan fingerprint density at radius 1 is 0.857 bits per heavy atom. The number of hydrogen-bond donors (Lipinski definition) is 3. The Labute approximate surface area is 249 Å². The Morgan fingerprint density at radius 2 is 1.57 bits per heavy atom. The third-order valence-electron chi connectivity index (χ3n) is 8.56. The van der Waals surface area contributed by atoms with E-state index in [0.717, 1.165) is 53.5 Å². The lowest BCUT2D eigenvalue weighted by atomic mass is 9.73. The molecule has 0 bridgehead atoms. The summed E-state index contributed by atoms with van der Waals surface area (Å²) in [7, 11) is 3.16. The van der Waals surface area contributed by atoms with Crippen LogP contribution in [0.4, 0.5) is 0 Å². The first-order valence-corrected chi connectivity index (χ1v) is 15.1. The van der Waals surface area contributed by atoms with Crippen LogP contribution in [0.3, 0.4) is 0 Å². The number of phenolic OH excluding ortho intramolecular Hbond substituents is 2. The van der Waals surface area contributed by atoms with Crippen LogP contribution >= 0.6 is 0 Å². The van der Waals surface area contributed by atoms with Crippen molar-refractivity contribution in [1.29, 1.82) is 0 Å². The van der Waals surface area contributed by atoms with Gasteiger partial charge in [0.05, 0.1) is 26.9 Å². The number of aliphatic hydroxyl groups is 1. The van der Waals surface area contributed by atoms with Crippen molar-refractivity contribution in [2.75, 3.05) is 20.8 Å². The Morgan fingerprint density at radius 3 is 2.26 bits per heavy atom. The van der Waals surface area contributed by atoms with Gasteiger partial charge in [-0.1, -0.05) is 40.2 Å². The van der Waals surface area contributed by atoms with Crippen LogP contribution < -0.4 is 18.9 Å². The maximum Gasteiger partial charge on any atom is 0.200 e. The Balaban J connectivity index is 1.55. The van der Waals surface area contributed by atoms with Gasteiger partial charge in [0.1, 0.15) is 17.2 Å². The SMILES string of the molecule is COc1cc([C@@H]2Oc3cc(OC)c4c(c3C[C@H]2O)C[C@@H](CCC(C)C)c2cc(O)ccc2-4)cc(OCCC(C)C)c1O. The molecular weight excluding hydrogens is 532 g/mol. The third-order valence-corrected chi connectivity index (χ3v) is 8.56. The summed E-state index contributed by atoms with van der Waals surface area (Å²) in [4.78, 5) is 0. The molecule has 3 aromatic rings. The van der Waals surface area contributed by atoms with E-state index in [0.29, 0.717) is 47.7 Å². The van der Waals surface area contributed by atoms with Gasteiger partial charge in [-0.3, -0.25) is 0 Å². The van der Waals surface area contributed by atoms with Crippen LogP contribution in [-0.2, 0) is 12.8 Å². The van der Waals surface area contributed by atoms with Crippen LogP contribution in [0.1, 0.15) is 81.2 Å². The number of rotatable bonds is 10. The molecule has 0 saturated heterocycles. The van der Waals surface area contributed by atoms with Gasteiger partial charge in [0.15, 0.2) is 17.6 Å². The Bertz CT molecular complexity index is 1430. The first-order chi connectivity index (χ1) is 20.1. The summed E-state index contributed by atoms with van der Waals surface area (Å²) in [5.41, 5.74) is 5.99. The van der Waals surface area contributed by atoms with E-state index in [4.69, 9.17) is 18.9 Å². The highest BCUT2D eigenvalue weighted by Gasteiger charge is 2.37. The average molecular weight is 577 g/mol. The van der Waals surface area contributed by atoms with Crippen molar-refractivity contribution in [1.82, 2.24) is 0 Å². The zero-order valence-corrected chi connectivity index (χ0v) is 25.6. The highest BCUT2D eigenvalue weighted by Crippen LogP contribution is 2.53. The second-order valence-corrected chi connectivity index (χ2v) is 12.5. The van der Waals surface area contributed by atoms with Crippen LogP contribution in [0.15, 0.2) is 36.4 Å². The molecule has 0 radical (unpaired) electrons. The largest absolute Gasteiger partial charge is 0.508 e. The van der Waals surface area contributed by atoms with E-state index >= 15 is 0 Å². The lowest BCUT2D eigenvalue weighted by Gasteiger charge is -2.37. The number of aliphatic hydroxyl groups excluding tert-OH is 1. The van der Waals surface area contributed by atoms with Crippen LogP contribution in [0.5, 0.6) is 34.5 Å². The molecule has 0 amide bonds. The summed E-state index contributed by atoms with van der Waals surface area (Å²) in [6, 6.07) is 10.9. The predicted octanol–water partition coefficient (Wildman–Crippen LogP) is 7.32. The molecule has 7 heteroatoms. The van der Waals surface area contributed by atoms with Crippen LogP contribution in [0, 0.1) is 11.8 Å². The fourth-order valence-corrected chi connectivity index (χ4v) is 6.26. The fourth-order valence-electron chi connectivity index (χ4n) is 6.26. The molecule has 1 aliphatic heterocycles. The molecule has 1 heterocycles. The number of aromatic hydroxyl groups is 2. The van der Waals surface area contributed by atoms with E-state index in [-0.39, 0.29) is 23.2 Å². The zero-order chi connectivity index (χ0) is 30.1. The minimum Gasteiger partial charge on any atom is -0.508 e. The smallest absolute Gasteiger partial charge is 0.200 e. The summed E-state index contributed by atoms with van der Waals surface area (Å²) in [6.45, 7) is 9.15. The molecule has 3 atom stereocenters. The average Bonchev–Trinajstić information content (AvgIpc) is 2.95. The first kappa shape index (κ1) is 29.9. The van der Waals surface area contributed by atoms with Gasteiger partial charge in [-0.25, -0.2) is 0 Å². The lowest BCUT2D eigenvalue weighted by molar-refractivity contribution is 0.0200. The van der Waals surface area contributed by atoms with Crippen LogP contribution in [0.25, 0.3) is 11.1 Å². The quantitative estimate of drug-likeness (QED) is 0.233. The summed E-state index contributed by atoms with van der Waals surface area (Å²) >= 11 is 0. The minimum absolute atomic E-state index is 0.0661. The molecule has 0 aromatic heterocycles. The van der Waals surface area contributed by atoms with E-state index in [1.807, 2.05) is 18.2 Å². The van der Waals surface area contributed by atoms with Crippen molar-refractivity contribution in [2.24, 2.45) is 11.8 Å².